The van der Waals surface area contributed by atoms with Crippen molar-refractivity contribution in [2.75, 3.05) is 6.61 Å². The van der Waals surface area contributed by atoms with Gasteiger partial charge in [-0.15, -0.1) is 0 Å². The molecule has 3 heteroatoms. The Morgan fingerprint density at radius 3 is 2.91 bits per heavy atom. The Hall–Kier alpha value is -0.570. The molecule has 1 rings (SSSR count). The molecule has 0 bridgehead atoms. The zero-order chi connectivity index (χ0) is 8.27. The summed E-state index contributed by atoms with van der Waals surface area (Å²) in [6.07, 6.45) is 1.70. The molecule has 1 unspecified atom stereocenters. The van der Waals surface area contributed by atoms with E-state index in [0.29, 0.717) is 5.92 Å². The molecule has 0 aromatic carbocycles. The third kappa shape index (κ3) is 2.50. The maximum Gasteiger partial charge on any atom is 0.155 e. The molecule has 0 spiro atoms. The van der Waals surface area contributed by atoms with Crippen LogP contribution in [0.25, 0.3) is 0 Å². The van der Waals surface area contributed by atoms with Crippen LogP contribution in [0.2, 0.25) is 0 Å². The quantitative estimate of drug-likeness (QED) is 0.668. The predicted octanol–water partition coefficient (Wildman–Crippen LogP) is 1.17. The van der Waals surface area contributed by atoms with E-state index >= 15 is 0 Å². The summed E-state index contributed by atoms with van der Waals surface area (Å²) in [7, 11) is 0. The minimum atomic E-state index is -0.0799. The average Bonchev–Trinajstić information content (AvgIpc) is 2.34. The maximum absolute atomic E-state index is 8.72. The van der Waals surface area contributed by atoms with Crippen molar-refractivity contribution in [2.24, 2.45) is 11.1 Å². The Bertz CT molecular complexity index is 154. The van der Waals surface area contributed by atoms with Crippen LogP contribution in [0, 0.1) is 5.92 Å². The van der Waals surface area contributed by atoms with Crippen molar-refractivity contribution in [2.45, 2.75) is 32.8 Å². The Labute approximate surface area is 67.0 Å². The third-order valence-electron chi connectivity index (χ3n) is 1.64. The van der Waals surface area contributed by atoms with Gasteiger partial charge < -0.3 is 9.94 Å². The van der Waals surface area contributed by atoms with Crippen LogP contribution in [0.5, 0.6) is 0 Å². The smallest absolute Gasteiger partial charge is 0.155 e. The second kappa shape index (κ2) is 3.72. The number of hydrogen-bond acceptors (Lipinski definition) is 3. The highest BCUT2D eigenvalue weighted by atomic mass is 16.6. The van der Waals surface area contributed by atoms with Gasteiger partial charge in [0.05, 0.1) is 12.3 Å². The summed E-state index contributed by atoms with van der Waals surface area (Å²) in [5, 5.41) is 12.6. The summed E-state index contributed by atoms with van der Waals surface area (Å²) < 4.78 is 0. The average molecular weight is 157 g/mol. The summed E-state index contributed by atoms with van der Waals surface area (Å²) in [5.74, 6) is 0.620. The van der Waals surface area contributed by atoms with E-state index in [1.807, 2.05) is 0 Å². The molecule has 1 aliphatic rings. The molecular weight excluding hydrogens is 142 g/mol. The number of oxime groups is 1. The molecule has 0 radical (unpaired) electrons. The topological polar surface area (TPSA) is 41.8 Å². The SMILES string of the molecule is CC(C)CC1=NOC(CO)C1. The first-order valence-electron chi connectivity index (χ1n) is 4.04. The lowest BCUT2D eigenvalue weighted by Crippen LogP contribution is -2.13. The van der Waals surface area contributed by atoms with Gasteiger partial charge in [0, 0.05) is 6.42 Å². The van der Waals surface area contributed by atoms with Gasteiger partial charge in [-0.1, -0.05) is 19.0 Å². The Balaban J connectivity index is 2.28. The van der Waals surface area contributed by atoms with Crippen molar-refractivity contribution < 1.29 is 9.94 Å². The molecule has 0 saturated heterocycles. The Morgan fingerprint density at radius 2 is 2.45 bits per heavy atom. The van der Waals surface area contributed by atoms with E-state index in [4.69, 9.17) is 9.94 Å². The molecule has 0 saturated carbocycles. The van der Waals surface area contributed by atoms with Gasteiger partial charge in [0.2, 0.25) is 0 Å². The van der Waals surface area contributed by atoms with Gasteiger partial charge in [-0.3, -0.25) is 0 Å². The van der Waals surface area contributed by atoms with Crippen LogP contribution in [0.4, 0.5) is 0 Å². The molecule has 1 aliphatic heterocycles. The molecule has 1 atom stereocenters. The highest BCUT2D eigenvalue weighted by Gasteiger charge is 2.19. The minimum Gasteiger partial charge on any atom is -0.392 e. The molecule has 0 fully saturated rings. The van der Waals surface area contributed by atoms with Gasteiger partial charge >= 0.3 is 0 Å². The van der Waals surface area contributed by atoms with Crippen molar-refractivity contribution in [1.29, 1.82) is 0 Å². The fourth-order valence-corrected chi connectivity index (χ4v) is 1.18. The van der Waals surface area contributed by atoms with Crippen molar-refractivity contribution in [3.8, 4) is 0 Å². The van der Waals surface area contributed by atoms with Crippen LogP contribution < -0.4 is 0 Å². The first-order chi connectivity index (χ1) is 5.22. The second-order valence-electron chi connectivity index (χ2n) is 3.37. The normalized spacial score (nSPS) is 23.6. The van der Waals surface area contributed by atoms with Crippen LogP contribution in [-0.2, 0) is 4.84 Å². The van der Waals surface area contributed by atoms with Crippen LogP contribution in [-0.4, -0.2) is 23.5 Å². The molecule has 1 N–H and O–H groups in total. The van der Waals surface area contributed by atoms with E-state index in [-0.39, 0.29) is 12.7 Å². The van der Waals surface area contributed by atoms with Gasteiger partial charge in [0.15, 0.2) is 6.10 Å². The summed E-state index contributed by atoms with van der Waals surface area (Å²) in [4.78, 5) is 4.95. The van der Waals surface area contributed by atoms with Gasteiger partial charge in [0.1, 0.15) is 0 Å². The highest BCUT2D eigenvalue weighted by Crippen LogP contribution is 2.15. The molecule has 0 aliphatic carbocycles. The van der Waals surface area contributed by atoms with E-state index in [0.717, 1.165) is 18.6 Å². The van der Waals surface area contributed by atoms with E-state index in [1.54, 1.807) is 0 Å². The highest BCUT2D eigenvalue weighted by molar-refractivity contribution is 5.85. The number of rotatable bonds is 3. The van der Waals surface area contributed by atoms with Crippen LogP contribution in [0.3, 0.4) is 0 Å². The second-order valence-corrected chi connectivity index (χ2v) is 3.37. The Morgan fingerprint density at radius 1 is 1.73 bits per heavy atom. The number of hydrogen-bond donors (Lipinski definition) is 1. The van der Waals surface area contributed by atoms with Crippen molar-refractivity contribution >= 4 is 5.71 Å². The van der Waals surface area contributed by atoms with Crippen LogP contribution in [0.15, 0.2) is 5.16 Å². The van der Waals surface area contributed by atoms with Crippen molar-refractivity contribution in [3.63, 3.8) is 0 Å². The zero-order valence-electron chi connectivity index (χ0n) is 7.08. The third-order valence-corrected chi connectivity index (χ3v) is 1.64. The van der Waals surface area contributed by atoms with Gasteiger partial charge in [-0.05, 0) is 12.3 Å². The molecular formula is C8H15NO2. The maximum atomic E-state index is 8.72. The van der Waals surface area contributed by atoms with E-state index < -0.39 is 0 Å². The van der Waals surface area contributed by atoms with Gasteiger partial charge in [-0.2, -0.15) is 0 Å². The van der Waals surface area contributed by atoms with E-state index in [2.05, 4.69) is 19.0 Å². The fraction of sp³-hybridized carbons (Fsp3) is 0.875. The summed E-state index contributed by atoms with van der Waals surface area (Å²) >= 11 is 0. The summed E-state index contributed by atoms with van der Waals surface area (Å²) in [5.41, 5.74) is 1.08. The minimum absolute atomic E-state index is 0.0745. The molecule has 0 amide bonds. The molecule has 11 heavy (non-hydrogen) atoms. The molecule has 0 aromatic heterocycles. The summed E-state index contributed by atoms with van der Waals surface area (Å²) in [6, 6.07) is 0. The van der Waals surface area contributed by atoms with Crippen molar-refractivity contribution in [3.05, 3.63) is 0 Å². The molecule has 3 nitrogen and oxygen atoms in total. The number of aliphatic hydroxyl groups is 1. The fourth-order valence-electron chi connectivity index (χ4n) is 1.18. The van der Waals surface area contributed by atoms with E-state index in [9.17, 15) is 0 Å². The monoisotopic (exact) mass is 157 g/mol. The first kappa shape index (κ1) is 8.53. The van der Waals surface area contributed by atoms with Crippen LogP contribution in [0.1, 0.15) is 26.7 Å². The largest absolute Gasteiger partial charge is 0.392 e. The van der Waals surface area contributed by atoms with Gasteiger partial charge in [-0.25, -0.2) is 0 Å². The lowest BCUT2D eigenvalue weighted by atomic mass is 10.0. The molecule has 1 heterocycles. The number of nitrogens with zero attached hydrogens (tertiary/aromatic N) is 1. The van der Waals surface area contributed by atoms with Crippen LogP contribution >= 0.6 is 0 Å². The van der Waals surface area contributed by atoms with Crippen molar-refractivity contribution in [1.82, 2.24) is 0 Å². The molecule has 64 valence electrons. The van der Waals surface area contributed by atoms with Gasteiger partial charge in [0.25, 0.3) is 0 Å². The predicted molar refractivity (Wildman–Crippen MR) is 43.5 cm³/mol. The zero-order valence-corrected chi connectivity index (χ0v) is 7.08. The first-order valence-corrected chi connectivity index (χ1v) is 4.04. The molecule has 0 aromatic rings. The van der Waals surface area contributed by atoms with E-state index in [1.165, 1.54) is 0 Å². The lowest BCUT2D eigenvalue weighted by Gasteiger charge is -2.02. The standard InChI is InChI=1S/C8H15NO2/c1-6(2)3-7-4-8(5-10)11-9-7/h6,8,10H,3-5H2,1-2H3. The summed E-state index contributed by atoms with van der Waals surface area (Å²) in [6.45, 7) is 4.37. The lowest BCUT2D eigenvalue weighted by molar-refractivity contribution is 0.0390. The number of aliphatic hydroxyl groups excluding tert-OH is 1. The Kier molecular flexibility index (Phi) is 2.88.